The van der Waals surface area contributed by atoms with E-state index in [-0.39, 0.29) is 24.5 Å². The van der Waals surface area contributed by atoms with Crippen LogP contribution in [0.1, 0.15) is 47.8 Å². The van der Waals surface area contributed by atoms with Gasteiger partial charge in [0.2, 0.25) is 0 Å². The predicted octanol–water partition coefficient (Wildman–Crippen LogP) is 3.21. The lowest BCUT2D eigenvalue weighted by atomic mass is 9.85. The third-order valence-electron chi connectivity index (χ3n) is 4.50. The summed E-state index contributed by atoms with van der Waals surface area (Å²) in [6.07, 6.45) is 0.752. The van der Waals surface area contributed by atoms with Crippen molar-refractivity contribution in [2.45, 2.75) is 39.3 Å². The molecule has 0 spiro atoms. The monoisotopic (exact) mass is 353 g/mol. The van der Waals surface area contributed by atoms with Crippen molar-refractivity contribution in [2.24, 2.45) is 0 Å². The van der Waals surface area contributed by atoms with Crippen LogP contribution in [-0.2, 0) is 23.4 Å². The Hall–Kier alpha value is -2.66. The van der Waals surface area contributed by atoms with E-state index in [1.165, 1.54) is 0 Å². The van der Waals surface area contributed by atoms with E-state index in [2.05, 4.69) is 26.8 Å². The molecular weight excluding hydrogens is 330 g/mol. The van der Waals surface area contributed by atoms with Crippen LogP contribution >= 0.6 is 0 Å². The molecule has 0 aromatic heterocycles. The van der Waals surface area contributed by atoms with Gasteiger partial charge in [-0.3, -0.25) is 9.59 Å². The third-order valence-corrected chi connectivity index (χ3v) is 4.50. The van der Waals surface area contributed by atoms with E-state index in [0.29, 0.717) is 23.5 Å². The largest absolute Gasteiger partial charge is 0.482 e. The van der Waals surface area contributed by atoms with E-state index in [4.69, 9.17) is 4.74 Å². The molecule has 1 heterocycles. The number of amides is 1. The molecule has 1 amide bonds. The first-order valence-corrected chi connectivity index (χ1v) is 8.58. The Morgan fingerprint density at radius 3 is 2.54 bits per heavy atom. The molecule has 1 N–H and O–H groups in total. The fraction of sp³-hybridized carbons (Fsp3) is 0.333. The van der Waals surface area contributed by atoms with Gasteiger partial charge in [0.1, 0.15) is 12.0 Å². The zero-order valence-corrected chi connectivity index (χ0v) is 15.3. The maximum atomic E-state index is 12.5. The minimum atomic E-state index is -0.160. The topological polar surface area (TPSA) is 66.8 Å². The highest BCUT2D eigenvalue weighted by Crippen LogP contribution is 2.34. The van der Waals surface area contributed by atoms with Crippen LogP contribution in [0.2, 0.25) is 0 Å². The van der Waals surface area contributed by atoms with Crippen molar-refractivity contribution >= 4 is 17.9 Å². The second-order valence-electron chi connectivity index (χ2n) is 7.56. The van der Waals surface area contributed by atoms with Gasteiger partial charge in [0.05, 0.1) is 18.8 Å². The molecule has 0 saturated carbocycles. The first kappa shape index (κ1) is 18.1. The Labute approximate surface area is 153 Å². The summed E-state index contributed by atoms with van der Waals surface area (Å²) in [5.74, 6) is 0.428. The zero-order chi connectivity index (χ0) is 18.9. The molecule has 5 nitrogen and oxygen atoms in total. The highest BCUT2D eigenvalue weighted by atomic mass is 16.5. The first-order valence-electron chi connectivity index (χ1n) is 8.58. The van der Waals surface area contributed by atoms with Crippen molar-refractivity contribution in [3.63, 3.8) is 0 Å². The van der Waals surface area contributed by atoms with E-state index >= 15 is 0 Å². The molecule has 3 rings (SSSR count). The number of rotatable bonds is 4. The van der Waals surface area contributed by atoms with Crippen LogP contribution in [-0.4, -0.2) is 23.9 Å². The number of hydrogen-bond acceptors (Lipinski definition) is 4. The van der Waals surface area contributed by atoms with Crippen LogP contribution in [0.4, 0.5) is 5.69 Å². The summed E-state index contributed by atoms with van der Waals surface area (Å²) >= 11 is 0. The van der Waals surface area contributed by atoms with Gasteiger partial charge in [-0.2, -0.15) is 0 Å². The lowest BCUT2D eigenvalue weighted by molar-refractivity contribution is -0.121. The van der Waals surface area contributed by atoms with Crippen molar-refractivity contribution in [3.05, 3.63) is 58.7 Å². The van der Waals surface area contributed by atoms with Crippen LogP contribution in [0, 0.1) is 0 Å². The normalized spacial score (nSPS) is 14.0. The summed E-state index contributed by atoms with van der Waals surface area (Å²) in [7, 11) is 0. The predicted molar refractivity (Wildman–Crippen MR) is 99.6 cm³/mol. The molecule has 2 aromatic carbocycles. The standard InChI is InChI=1S/C21H23NO4/c1-21(2,3)17-7-15(6-16(8-17)12-24)10-22-18-9-14(11-23)4-5-19(18)26-13-20(22)25/h4-9,11,24H,10,12-13H2,1-3H3. The summed E-state index contributed by atoms with van der Waals surface area (Å²) in [5, 5.41) is 9.60. The lowest BCUT2D eigenvalue weighted by Gasteiger charge is -2.30. The molecule has 1 aliphatic rings. The molecule has 5 heteroatoms. The molecule has 0 saturated heterocycles. The van der Waals surface area contributed by atoms with Gasteiger partial charge in [-0.25, -0.2) is 0 Å². The molecule has 136 valence electrons. The summed E-state index contributed by atoms with van der Waals surface area (Å²) < 4.78 is 5.48. The minimum absolute atomic E-state index is 0.0285. The van der Waals surface area contributed by atoms with Gasteiger partial charge in [-0.15, -0.1) is 0 Å². The van der Waals surface area contributed by atoms with E-state index in [1.54, 1.807) is 23.1 Å². The van der Waals surface area contributed by atoms with Crippen molar-refractivity contribution in [2.75, 3.05) is 11.5 Å². The molecule has 26 heavy (non-hydrogen) atoms. The van der Waals surface area contributed by atoms with Gasteiger partial charge in [-0.1, -0.05) is 39.0 Å². The van der Waals surface area contributed by atoms with Crippen LogP contribution in [0.25, 0.3) is 0 Å². The van der Waals surface area contributed by atoms with Gasteiger partial charge in [0.25, 0.3) is 5.91 Å². The van der Waals surface area contributed by atoms with Gasteiger partial charge in [-0.05, 0) is 40.3 Å². The second kappa shape index (κ2) is 6.92. The molecule has 0 unspecified atom stereocenters. The van der Waals surface area contributed by atoms with Crippen LogP contribution in [0.3, 0.4) is 0 Å². The molecule has 0 bridgehead atoms. The third kappa shape index (κ3) is 3.63. The number of aliphatic hydroxyl groups is 1. The number of carbonyl (C=O) groups excluding carboxylic acids is 2. The SMILES string of the molecule is CC(C)(C)c1cc(CO)cc(CN2C(=O)COc3ccc(C=O)cc32)c1. The Balaban J connectivity index is 2.01. The highest BCUT2D eigenvalue weighted by molar-refractivity contribution is 5.98. The maximum absolute atomic E-state index is 12.5. The minimum Gasteiger partial charge on any atom is -0.482 e. The van der Waals surface area contributed by atoms with Crippen molar-refractivity contribution < 1.29 is 19.4 Å². The van der Waals surface area contributed by atoms with Crippen LogP contribution in [0.5, 0.6) is 5.75 Å². The van der Waals surface area contributed by atoms with E-state index in [9.17, 15) is 14.7 Å². The fourth-order valence-electron chi connectivity index (χ4n) is 3.03. The molecule has 0 radical (unpaired) electrons. The average molecular weight is 353 g/mol. The zero-order valence-electron chi connectivity index (χ0n) is 15.3. The van der Waals surface area contributed by atoms with E-state index in [1.807, 2.05) is 12.1 Å². The maximum Gasteiger partial charge on any atom is 0.265 e. The smallest absolute Gasteiger partial charge is 0.265 e. The Morgan fingerprint density at radius 2 is 1.88 bits per heavy atom. The average Bonchev–Trinajstić information content (AvgIpc) is 2.62. The van der Waals surface area contributed by atoms with E-state index < -0.39 is 0 Å². The number of anilines is 1. The number of nitrogens with zero attached hydrogens (tertiary/aromatic N) is 1. The number of hydrogen-bond donors (Lipinski definition) is 1. The van der Waals surface area contributed by atoms with E-state index in [0.717, 1.165) is 23.0 Å². The number of carbonyl (C=O) groups is 2. The fourth-order valence-corrected chi connectivity index (χ4v) is 3.03. The number of aliphatic hydroxyl groups excluding tert-OH is 1. The quantitative estimate of drug-likeness (QED) is 0.857. The molecule has 0 aliphatic carbocycles. The van der Waals surface area contributed by atoms with Gasteiger partial charge >= 0.3 is 0 Å². The second-order valence-corrected chi connectivity index (χ2v) is 7.56. The number of fused-ring (bicyclic) bond motifs is 1. The summed E-state index contributed by atoms with van der Waals surface area (Å²) in [6, 6.07) is 11.0. The van der Waals surface area contributed by atoms with Gasteiger partial charge in [0.15, 0.2) is 6.61 Å². The Bertz CT molecular complexity index is 852. The highest BCUT2D eigenvalue weighted by Gasteiger charge is 2.26. The Morgan fingerprint density at radius 1 is 1.15 bits per heavy atom. The summed E-state index contributed by atoms with van der Waals surface area (Å²) in [5.41, 5.74) is 3.86. The Kier molecular flexibility index (Phi) is 4.83. The summed E-state index contributed by atoms with van der Waals surface area (Å²) in [4.78, 5) is 25.2. The van der Waals surface area contributed by atoms with Crippen molar-refractivity contribution in [1.82, 2.24) is 0 Å². The molecular formula is C21H23NO4. The molecule has 0 atom stereocenters. The molecule has 1 aliphatic heterocycles. The van der Waals surface area contributed by atoms with Gasteiger partial charge in [0, 0.05) is 5.56 Å². The number of ether oxygens (including phenoxy) is 1. The molecule has 2 aromatic rings. The van der Waals surface area contributed by atoms with Crippen LogP contribution < -0.4 is 9.64 Å². The summed E-state index contributed by atoms with van der Waals surface area (Å²) in [6.45, 7) is 6.60. The van der Waals surface area contributed by atoms with Crippen LogP contribution in [0.15, 0.2) is 36.4 Å². The van der Waals surface area contributed by atoms with Crippen molar-refractivity contribution in [1.29, 1.82) is 0 Å². The number of aldehydes is 1. The molecule has 0 fully saturated rings. The first-order chi connectivity index (χ1) is 12.3. The number of benzene rings is 2. The van der Waals surface area contributed by atoms with Gasteiger partial charge < -0.3 is 14.7 Å². The lowest BCUT2D eigenvalue weighted by Crippen LogP contribution is -2.38. The van der Waals surface area contributed by atoms with Crippen molar-refractivity contribution in [3.8, 4) is 5.75 Å².